The van der Waals surface area contributed by atoms with Gasteiger partial charge in [-0.1, -0.05) is 17.3 Å². The van der Waals surface area contributed by atoms with Crippen molar-refractivity contribution in [2.75, 3.05) is 5.32 Å². The van der Waals surface area contributed by atoms with Gasteiger partial charge >= 0.3 is 5.97 Å². The zero-order chi connectivity index (χ0) is 19.8. The second-order valence-corrected chi connectivity index (χ2v) is 6.83. The Morgan fingerprint density at radius 2 is 2.07 bits per heavy atom. The number of anilines is 1. The first kappa shape index (κ1) is 18.1. The van der Waals surface area contributed by atoms with Crippen LogP contribution >= 0.6 is 0 Å². The molecule has 0 spiro atoms. The van der Waals surface area contributed by atoms with Gasteiger partial charge in [-0.25, -0.2) is 14.2 Å². The number of nitrogens with zero attached hydrogens (tertiary/aromatic N) is 2. The summed E-state index contributed by atoms with van der Waals surface area (Å²) in [4.78, 5) is 29.5. The van der Waals surface area contributed by atoms with Crippen molar-refractivity contribution in [3.05, 3.63) is 53.1 Å². The Morgan fingerprint density at radius 3 is 2.79 bits per heavy atom. The van der Waals surface area contributed by atoms with Gasteiger partial charge in [-0.3, -0.25) is 4.79 Å². The van der Waals surface area contributed by atoms with Crippen molar-refractivity contribution < 1.29 is 23.2 Å². The number of pyridine rings is 1. The first-order chi connectivity index (χ1) is 13.4. The fourth-order valence-electron chi connectivity index (χ4n) is 2.94. The maximum atomic E-state index is 13.7. The van der Waals surface area contributed by atoms with Gasteiger partial charge in [0.15, 0.2) is 6.10 Å². The summed E-state index contributed by atoms with van der Waals surface area (Å²) in [6.45, 7) is 3.13. The van der Waals surface area contributed by atoms with Gasteiger partial charge < -0.3 is 14.6 Å². The molecule has 1 aliphatic rings. The van der Waals surface area contributed by atoms with Crippen LogP contribution in [-0.4, -0.2) is 28.1 Å². The van der Waals surface area contributed by atoms with E-state index in [4.69, 9.17) is 9.26 Å². The first-order valence-corrected chi connectivity index (χ1v) is 8.97. The minimum atomic E-state index is -1.13. The highest BCUT2D eigenvalue weighted by Crippen LogP contribution is 2.40. The molecule has 28 heavy (non-hydrogen) atoms. The number of aryl methyl sites for hydroxylation is 1. The summed E-state index contributed by atoms with van der Waals surface area (Å²) in [5.41, 5.74) is 1.82. The molecule has 3 aromatic rings. The van der Waals surface area contributed by atoms with Gasteiger partial charge in [0.25, 0.3) is 11.6 Å². The normalized spacial score (nSPS) is 14.7. The van der Waals surface area contributed by atoms with Crippen molar-refractivity contribution in [3.8, 4) is 0 Å². The Hall–Kier alpha value is -3.29. The number of carbonyl (C=O) groups excluding carboxylic acids is 2. The molecule has 0 bridgehead atoms. The fraction of sp³-hybridized carbons (Fsp3) is 0.300. The Morgan fingerprint density at radius 1 is 1.32 bits per heavy atom. The number of para-hydroxylation sites is 1. The van der Waals surface area contributed by atoms with Gasteiger partial charge in [0, 0.05) is 11.6 Å². The van der Waals surface area contributed by atoms with E-state index in [9.17, 15) is 14.0 Å². The van der Waals surface area contributed by atoms with Crippen LogP contribution in [0.25, 0.3) is 11.1 Å². The van der Waals surface area contributed by atoms with Crippen molar-refractivity contribution in [1.29, 1.82) is 0 Å². The van der Waals surface area contributed by atoms with E-state index in [1.54, 1.807) is 19.1 Å². The number of ether oxygens (including phenoxy) is 1. The molecule has 8 heteroatoms. The molecule has 1 atom stereocenters. The van der Waals surface area contributed by atoms with E-state index >= 15 is 0 Å². The highest BCUT2D eigenvalue weighted by molar-refractivity contribution is 6.04. The molecule has 1 fully saturated rings. The lowest BCUT2D eigenvalue weighted by atomic mass is 10.1. The Bertz CT molecular complexity index is 1070. The number of carbonyl (C=O) groups is 2. The molecule has 1 aliphatic carbocycles. The van der Waals surface area contributed by atoms with Crippen molar-refractivity contribution >= 4 is 28.7 Å². The third-order valence-electron chi connectivity index (χ3n) is 4.64. The van der Waals surface area contributed by atoms with Gasteiger partial charge in [-0.2, -0.15) is 0 Å². The first-order valence-electron chi connectivity index (χ1n) is 8.97. The van der Waals surface area contributed by atoms with Gasteiger partial charge in [-0.05, 0) is 44.9 Å². The van der Waals surface area contributed by atoms with Crippen LogP contribution in [0.1, 0.15) is 47.4 Å². The average Bonchev–Trinajstić information content (AvgIpc) is 3.46. The van der Waals surface area contributed by atoms with E-state index < -0.39 is 23.8 Å². The Balaban J connectivity index is 1.55. The summed E-state index contributed by atoms with van der Waals surface area (Å²) < 4.78 is 24.2. The molecule has 1 amide bonds. The molecule has 2 heterocycles. The molecule has 0 radical (unpaired) electrons. The fourth-order valence-corrected chi connectivity index (χ4v) is 2.94. The summed E-state index contributed by atoms with van der Waals surface area (Å²) in [6.07, 6.45) is 0.878. The minimum Gasteiger partial charge on any atom is -0.449 e. The van der Waals surface area contributed by atoms with E-state index in [1.165, 1.54) is 25.1 Å². The molecule has 1 N–H and O–H groups in total. The van der Waals surface area contributed by atoms with Gasteiger partial charge in [0.2, 0.25) is 0 Å². The number of aromatic nitrogens is 2. The number of fused-ring (bicyclic) bond motifs is 1. The number of hydrogen-bond donors (Lipinski definition) is 1. The Labute approximate surface area is 159 Å². The van der Waals surface area contributed by atoms with Crippen molar-refractivity contribution in [3.63, 3.8) is 0 Å². The van der Waals surface area contributed by atoms with Crippen LogP contribution in [-0.2, 0) is 9.53 Å². The summed E-state index contributed by atoms with van der Waals surface area (Å²) in [5.74, 6) is -1.59. The van der Waals surface area contributed by atoms with E-state index in [0.717, 1.165) is 18.5 Å². The second-order valence-electron chi connectivity index (χ2n) is 6.83. The molecular formula is C20H18FN3O4. The SMILES string of the molecule is Cc1noc2nc(C3CC3)cc(C(=O)O[C@@H](C)C(=O)Nc3ccccc3F)c12. The summed E-state index contributed by atoms with van der Waals surface area (Å²) in [6, 6.07) is 7.44. The number of hydrogen-bond acceptors (Lipinski definition) is 6. The van der Waals surface area contributed by atoms with E-state index in [1.807, 2.05) is 0 Å². The lowest BCUT2D eigenvalue weighted by Gasteiger charge is -2.14. The molecule has 1 saturated carbocycles. The Kier molecular flexibility index (Phi) is 4.54. The van der Waals surface area contributed by atoms with Crippen molar-refractivity contribution in [1.82, 2.24) is 10.1 Å². The number of nitrogens with one attached hydrogen (secondary N) is 1. The number of rotatable bonds is 5. The minimum absolute atomic E-state index is 0.0209. The topological polar surface area (TPSA) is 94.3 Å². The van der Waals surface area contributed by atoms with Crippen molar-refractivity contribution in [2.45, 2.75) is 38.7 Å². The summed E-state index contributed by atoms with van der Waals surface area (Å²) in [5, 5.41) is 6.76. The standard InChI is InChI=1S/C20H18FN3O4/c1-10-17-13(9-16(12-7-8-12)23-19(17)28-24-10)20(26)27-11(2)18(25)22-15-6-4-3-5-14(15)21/h3-6,9,11-12H,7-8H2,1-2H3,(H,22,25)/t11-/m0/s1. The highest BCUT2D eigenvalue weighted by atomic mass is 19.1. The maximum Gasteiger partial charge on any atom is 0.339 e. The molecule has 0 aliphatic heterocycles. The molecule has 4 rings (SSSR count). The van der Waals surface area contributed by atoms with Gasteiger partial charge in [0.05, 0.1) is 22.3 Å². The van der Waals surface area contributed by atoms with Crippen LogP contribution in [0.2, 0.25) is 0 Å². The zero-order valence-corrected chi connectivity index (χ0v) is 15.4. The smallest absolute Gasteiger partial charge is 0.339 e. The third-order valence-corrected chi connectivity index (χ3v) is 4.64. The molecular weight excluding hydrogens is 365 g/mol. The van der Waals surface area contributed by atoms with Gasteiger partial charge in [0.1, 0.15) is 5.82 Å². The van der Waals surface area contributed by atoms with Crippen LogP contribution < -0.4 is 5.32 Å². The number of benzene rings is 1. The van der Waals surface area contributed by atoms with Crippen molar-refractivity contribution in [2.24, 2.45) is 0 Å². The monoisotopic (exact) mass is 383 g/mol. The summed E-state index contributed by atoms with van der Waals surface area (Å²) >= 11 is 0. The molecule has 2 aromatic heterocycles. The molecule has 7 nitrogen and oxygen atoms in total. The maximum absolute atomic E-state index is 13.7. The van der Waals surface area contributed by atoms with Crippen LogP contribution in [0.4, 0.5) is 10.1 Å². The molecule has 144 valence electrons. The molecule has 0 saturated heterocycles. The molecule has 0 unspecified atom stereocenters. The van der Waals surface area contributed by atoms with E-state index in [-0.39, 0.29) is 17.0 Å². The van der Waals surface area contributed by atoms with Crippen LogP contribution in [0.5, 0.6) is 0 Å². The molecule has 1 aromatic carbocycles. The number of halogens is 1. The average molecular weight is 383 g/mol. The van der Waals surface area contributed by atoms with Crippen LogP contribution in [0, 0.1) is 12.7 Å². The predicted octanol–water partition coefficient (Wildman–Crippen LogP) is 3.73. The lowest BCUT2D eigenvalue weighted by molar-refractivity contribution is -0.123. The number of amides is 1. The summed E-state index contributed by atoms with van der Waals surface area (Å²) in [7, 11) is 0. The van der Waals surface area contributed by atoms with Crippen LogP contribution in [0.15, 0.2) is 34.9 Å². The largest absolute Gasteiger partial charge is 0.449 e. The highest BCUT2D eigenvalue weighted by Gasteiger charge is 2.30. The second kappa shape index (κ2) is 7.03. The van der Waals surface area contributed by atoms with Crippen LogP contribution in [0.3, 0.4) is 0 Å². The third kappa shape index (κ3) is 3.45. The van der Waals surface area contributed by atoms with E-state index in [2.05, 4.69) is 15.5 Å². The predicted molar refractivity (Wildman–Crippen MR) is 98.4 cm³/mol. The lowest BCUT2D eigenvalue weighted by Crippen LogP contribution is -2.30. The number of esters is 1. The zero-order valence-electron chi connectivity index (χ0n) is 15.4. The van der Waals surface area contributed by atoms with E-state index in [0.29, 0.717) is 17.0 Å². The van der Waals surface area contributed by atoms with Gasteiger partial charge in [-0.15, -0.1) is 0 Å². The quantitative estimate of drug-likeness (QED) is 0.675.